The van der Waals surface area contributed by atoms with Crippen molar-refractivity contribution in [1.82, 2.24) is 10.2 Å². The van der Waals surface area contributed by atoms with Crippen LogP contribution in [0.4, 0.5) is 13.2 Å². The molecule has 1 aromatic carbocycles. The molecule has 1 N–H and O–H groups in total. The van der Waals surface area contributed by atoms with E-state index in [0.29, 0.717) is 18.6 Å². The van der Waals surface area contributed by atoms with Gasteiger partial charge >= 0.3 is 6.36 Å². The van der Waals surface area contributed by atoms with Gasteiger partial charge in [0.15, 0.2) is 0 Å². The van der Waals surface area contributed by atoms with Gasteiger partial charge in [0.05, 0.1) is 0 Å². The van der Waals surface area contributed by atoms with Crippen molar-refractivity contribution in [2.75, 3.05) is 13.1 Å². The Bertz CT molecular complexity index is 456. The second-order valence-electron chi connectivity index (χ2n) is 5.28. The molecule has 21 heavy (non-hydrogen) atoms. The molecule has 2 unspecified atom stereocenters. The third-order valence-corrected chi connectivity index (χ3v) is 3.41. The third-order valence-electron chi connectivity index (χ3n) is 3.41. The van der Waals surface area contributed by atoms with Gasteiger partial charge in [0.2, 0.25) is 0 Å². The second-order valence-corrected chi connectivity index (χ2v) is 5.28. The van der Waals surface area contributed by atoms with Gasteiger partial charge in [0, 0.05) is 31.7 Å². The predicted octanol–water partition coefficient (Wildman–Crippen LogP) is 3.19. The summed E-state index contributed by atoms with van der Waals surface area (Å²) in [6.45, 7) is 6.60. The molecule has 1 saturated heterocycles. The lowest BCUT2D eigenvalue weighted by Gasteiger charge is -2.37. The zero-order valence-corrected chi connectivity index (χ0v) is 12.8. The van der Waals surface area contributed by atoms with Crippen molar-refractivity contribution in [3.63, 3.8) is 0 Å². The molecule has 2 atom stereocenters. The Hall–Kier alpha value is -0.980. The molecule has 0 aliphatic carbocycles. The first-order chi connectivity index (χ1) is 9.33. The number of nitrogens with one attached hydrogen (secondary N) is 1. The molecule has 0 saturated carbocycles. The van der Waals surface area contributed by atoms with Crippen LogP contribution in [0.25, 0.3) is 0 Å². The Morgan fingerprint density at radius 2 is 2.05 bits per heavy atom. The lowest BCUT2D eigenvalue weighted by atomic mass is 10.1. The van der Waals surface area contributed by atoms with E-state index in [4.69, 9.17) is 0 Å². The van der Waals surface area contributed by atoms with Crippen molar-refractivity contribution in [1.29, 1.82) is 0 Å². The second kappa shape index (κ2) is 7.33. The van der Waals surface area contributed by atoms with E-state index in [0.717, 1.165) is 18.7 Å². The molecule has 0 bridgehead atoms. The fraction of sp³-hybridized carbons (Fsp3) is 0.571. The maximum atomic E-state index is 12.2. The first-order valence-electron chi connectivity index (χ1n) is 6.65. The zero-order valence-electron chi connectivity index (χ0n) is 12.0. The molecule has 3 nitrogen and oxygen atoms in total. The van der Waals surface area contributed by atoms with Crippen LogP contribution in [-0.4, -0.2) is 36.4 Å². The van der Waals surface area contributed by atoms with Gasteiger partial charge in [-0.1, -0.05) is 12.1 Å². The van der Waals surface area contributed by atoms with Gasteiger partial charge in [-0.2, -0.15) is 0 Å². The van der Waals surface area contributed by atoms with E-state index in [9.17, 15) is 13.2 Å². The predicted molar refractivity (Wildman–Crippen MR) is 77.7 cm³/mol. The Balaban J connectivity index is 0.00000220. The van der Waals surface area contributed by atoms with E-state index < -0.39 is 6.36 Å². The van der Waals surface area contributed by atoms with Gasteiger partial charge in [-0.25, -0.2) is 0 Å². The molecule has 7 heteroatoms. The quantitative estimate of drug-likeness (QED) is 0.924. The molecular weight excluding hydrogens is 305 g/mol. The van der Waals surface area contributed by atoms with Gasteiger partial charge in [-0.3, -0.25) is 4.90 Å². The van der Waals surface area contributed by atoms with Gasteiger partial charge in [0.25, 0.3) is 0 Å². The number of halogens is 4. The highest BCUT2D eigenvalue weighted by molar-refractivity contribution is 5.85. The average molecular weight is 325 g/mol. The van der Waals surface area contributed by atoms with Crippen LogP contribution in [-0.2, 0) is 6.54 Å². The van der Waals surface area contributed by atoms with E-state index in [2.05, 4.69) is 28.8 Å². The molecule has 2 rings (SSSR count). The lowest BCUT2D eigenvalue weighted by molar-refractivity contribution is -0.274. The van der Waals surface area contributed by atoms with E-state index in [1.54, 1.807) is 6.07 Å². The molecular formula is C14H20ClF3N2O. The van der Waals surface area contributed by atoms with Gasteiger partial charge in [0.1, 0.15) is 5.75 Å². The monoisotopic (exact) mass is 324 g/mol. The Morgan fingerprint density at radius 3 is 2.71 bits per heavy atom. The fourth-order valence-corrected chi connectivity index (χ4v) is 2.39. The summed E-state index contributed by atoms with van der Waals surface area (Å²) in [5.41, 5.74) is 0.827. The SMILES string of the molecule is CC1CN(Cc2cccc(OC(F)(F)F)c2)C(C)CN1.Cl. The van der Waals surface area contributed by atoms with Crippen LogP contribution in [0.2, 0.25) is 0 Å². The Labute approximate surface area is 128 Å². The molecule has 1 aliphatic rings. The summed E-state index contributed by atoms with van der Waals surface area (Å²) in [6, 6.07) is 6.93. The summed E-state index contributed by atoms with van der Waals surface area (Å²) >= 11 is 0. The number of ether oxygens (including phenoxy) is 1. The standard InChI is InChI=1S/C14H19F3N2O.ClH/c1-10-8-19(11(2)7-18-10)9-12-4-3-5-13(6-12)20-14(15,16)17;/h3-6,10-11,18H,7-9H2,1-2H3;1H. The van der Waals surface area contributed by atoms with Crippen molar-refractivity contribution >= 4 is 12.4 Å². The minimum Gasteiger partial charge on any atom is -0.406 e. The van der Waals surface area contributed by atoms with Crippen molar-refractivity contribution in [2.24, 2.45) is 0 Å². The Morgan fingerprint density at radius 1 is 1.33 bits per heavy atom. The van der Waals surface area contributed by atoms with Crippen molar-refractivity contribution < 1.29 is 17.9 Å². The smallest absolute Gasteiger partial charge is 0.406 e. The molecule has 1 heterocycles. The van der Waals surface area contributed by atoms with Crippen LogP contribution in [0.1, 0.15) is 19.4 Å². The first-order valence-corrected chi connectivity index (χ1v) is 6.65. The zero-order chi connectivity index (χ0) is 14.8. The van der Waals surface area contributed by atoms with E-state index in [1.165, 1.54) is 12.1 Å². The summed E-state index contributed by atoms with van der Waals surface area (Å²) in [7, 11) is 0. The summed E-state index contributed by atoms with van der Waals surface area (Å²) in [5.74, 6) is -0.161. The maximum Gasteiger partial charge on any atom is 0.573 e. The number of nitrogens with zero attached hydrogens (tertiary/aromatic N) is 1. The lowest BCUT2D eigenvalue weighted by Crippen LogP contribution is -2.53. The summed E-state index contributed by atoms with van der Waals surface area (Å²) < 4.78 is 40.6. The normalized spacial score (nSPS) is 23.5. The molecule has 0 radical (unpaired) electrons. The van der Waals surface area contributed by atoms with Crippen molar-refractivity contribution in [2.45, 2.75) is 38.8 Å². The number of rotatable bonds is 3. The molecule has 0 spiro atoms. The minimum absolute atomic E-state index is 0. The molecule has 1 aromatic rings. The number of hydrogen-bond acceptors (Lipinski definition) is 3. The molecule has 1 aliphatic heterocycles. The number of benzene rings is 1. The van der Waals surface area contributed by atoms with Crippen molar-refractivity contribution in [3.05, 3.63) is 29.8 Å². The average Bonchev–Trinajstić information content (AvgIpc) is 2.32. The highest BCUT2D eigenvalue weighted by Gasteiger charge is 2.31. The van der Waals surface area contributed by atoms with Crippen LogP contribution < -0.4 is 10.1 Å². The number of hydrogen-bond donors (Lipinski definition) is 1. The summed E-state index contributed by atoms with van der Waals surface area (Å²) in [5, 5.41) is 3.37. The van der Waals surface area contributed by atoms with Crippen LogP contribution >= 0.6 is 12.4 Å². The first kappa shape index (κ1) is 18.1. The number of alkyl halides is 3. The highest BCUT2D eigenvalue weighted by Crippen LogP contribution is 2.24. The minimum atomic E-state index is -4.64. The fourth-order valence-electron chi connectivity index (χ4n) is 2.39. The van der Waals surface area contributed by atoms with Crippen LogP contribution in [0, 0.1) is 0 Å². The summed E-state index contributed by atoms with van der Waals surface area (Å²) in [4.78, 5) is 2.26. The van der Waals surface area contributed by atoms with Gasteiger partial charge in [-0.05, 0) is 31.5 Å². The van der Waals surface area contributed by atoms with Crippen LogP contribution in [0.15, 0.2) is 24.3 Å². The van der Waals surface area contributed by atoms with E-state index in [-0.39, 0.29) is 18.2 Å². The largest absolute Gasteiger partial charge is 0.573 e. The summed E-state index contributed by atoms with van der Waals surface area (Å²) in [6.07, 6.45) is -4.64. The van der Waals surface area contributed by atoms with Gasteiger partial charge < -0.3 is 10.1 Å². The van der Waals surface area contributed by atoms with E-state index >= 15 is 0 Å². The molecule has 1 fully saturated rings. The molecule has 0 aromatic heterocycles. The molecule has 120 valence electrons. The van der Waals surface area contributed by atoms with E-state index in [1.807, 2.05) is 6.07 Å². The highest BCUT2D eigenvalue weighted by atomic mass is 35.5. The maximum absolute atomic E-state index is 12.2. The topological polar surface area (TPSA) is 24.5 Å². The number of piperazine rings is 1. The van der Waals surface area contributed by atoms with Crippen molar-refractivity contribution in [3.8, 4) is 5.75 Å². The van der Waals surface area contributed by atoms with Gasteiger partial charge in [-0.15, -0.1) is 25.6 Å². The van der Waals surface area contributed by atoms with Crippen LogP contribution in [0.5, 0.6) is 5.75 Å². The van der Waals surface area contributed by atoms with Crippen LogP contribution in [0.3, 0.4) is 0 Å². The third kappa shape index (κ3) is 5.73. The molecule has 0 amide bonds. The Kier molecular flexibility index (Phi) is 6.31.